The van der Waals surface area contributed by atoms with E-state index in [4.69, 9.17) is 34.3 Å². The van der Waals surface area contributed by atoms with Crippen LogP contribution in [0, 0.1) is 0 Å². The zero-order chi connectivity index (χ0) is 14.5. The molecule has 5 heteroatoms. The number of anilines is 2. The van der Waals surface area contributed by atoms with E-state index in [1.54, 1.807) is 6.07 Å². The number of ether oxygens (including phenoxy) is 1. The largest absolute Gasteiger partial charge is 0.494 e. The molecule has 20 heavy (non-hydrogen) atoms. The molecule has 2 rings (SSSR count). The van der Waals surface area contributed by atoms with Gasteiger partial charge in [0.1, 0.15) is 10.7 Å². The third-order valence-corrected chi connectivity index (χ3v) is 3.23. The molecule has 0 heterocycles. The normalized spacial score (nSPS) is 10.1. The maximum Gasteiger partial charge on any atom is 0.121 e. The number of hydrogen-bond donors (Lipinski definition) is 2. The van der Waals surface area contributed by atoms with Gasteiger partial charge >= 0.3 is 0 Å². The lowest BCUT2D eigenvalue weighted by Gasteiger charge is -2.11. The molecule has 0 fully saturated rings. The number of rotatable bonds is 5. The van der Waals surface area contributed by atoms with Gasteiger partial charge in [0.2, 0.25) is 0 Å². The summed E-state index contributed by atoms with van der Waals surface area (Å²) >= 11 is 11.1. The smallest absolute Gasteiger partial charge is 0.121 e. The second kappa shape index (κ2) is 6.59. The Balaban J connectivity index is 2.21. The number of hydrogen-bond acceptors (Lipinski definition) is 3. The predicted molar refractivity (Wildman–Crippen MR) is 88.2 cm³/mol. The quantitative estimate of drug-likeness (QED) is 0.816. The van der Waals surface area contributed by atoms with E-state index in [0.29, 0.717) is 16.6 Å². The number of benzene rings is 2. The molecular weight excluding hydrogens is 292 g/mol. The monoisotopic (exact) mass is 306 g/mol. The number of halogens is 1. The molecule has 0 unspecified atom stereocenters. The standard InChI is InChI=1S/C15H15ClN2OS/c1-2-19-12-5-3-4-11(9-12)18-14-7-6-10(15(17)20)8-13(14)16/h3-9,18H,2H2,1H3,(H2,17,20). The highest BCUT2D eigenvalue weighted by Crippen LogP contribution is 2.28. The minimum Gasteiger partial charge on any atom is -0.494 e. The fourth-order valence-corrected chi connectivity index (χ4v) is 2.11. The molecule has 0 atom stereocenters. The lowest BCUT2D eigenvalue weighted by molar-refractivity contribution is 0.340. The average Bonchev–Trinajstić information content (AvgIpc) is 2.42. The summed E-state index contributed by atoms with van der Waals surface area (Å²) in [5, 5.41) is 3.81. The van der Waals surface area contributed by atoms with Crippen LogP contribution in [0.1, 0.15) is 12.5 Å². The van der Waals surface area contributed by atoms with Crippen LogP contribution >= 0.6 is 23.8 Å². The number of nitrogens with one attached hydrogen (secondary N) is 1. The van der Waals surface area contributed by atoms with E-state index in [9.17, 15) is 0 Å². The highest BCUT2D eigenvalue weighted by atomic mass is 35.5. The molecule has 0 bridgehead atoms. The molecule has 0 spiro atoms. The van der Waals surface area contributed by atoms with Gasteiger partial charge in [0.15, 0.2) is 0 Å². The van der Waals surface area contributed by atoms with Crippen LogP contribution in [0.15, 0.2) is 42.5 Å². The maximum absolute atomic E-state index is 6.22. The third kappa shape index (κ3) is 3.62. The fourth-order valence-electron chi connectivity index (χ4n) is 1.76. The Labute approximate surface area is 128 Å². The van der Waals surface area contributed by atoms with Gasteiger partial charge in [-0.3, -0.25) is 0 Å². The molecule has 2 aromatic carbocycles. The summed E-state index contributed by atoms with van der Waals surface area (Å²) in [5.74, 6) is 0.813. The van der Waals surface area contributed by atoms with Gasteiger partial charge in [-0.05, 0) is 37.3 Å². The Kier molecular flexibility index (Phi) is 4.82. The minimum absolute atomic E-state index is 0.330. The lowest BCUT2D eigenvalue weighted by Crippen LogP contribution is -2.09. The topological polar surface area (TPSA) is 47.3 Å². The lowest BCUT2D eigenvalue weighted by atomic mass is 10.2. The summed E-state index contributed by atoms with van der Waals surface area (Å²) in [5.41, 5.74) is 8.02. The first-order valence-corrected chi connectivity index (χ1v) is 6.98. The van der Waals surface area contributed by atoms with Gasteiger partial charge in [0.25, 0.3) is 0 Å². The Morgan fingerprint density at radius 1 is 1.30 bits per heavy atom. The van der Waals surface area contributed by atoms with Gasteiger partial charge in [-0.1, -0.05) is 29.9 Å². The van der Waals surface area contributed by atoms with E-state index in [1.807, 2.05) is 43.3 Å². The van der Waals surface area contributed by atoms with Crippen LogP contribution in [0.2, 0.25) is 5.02 Å². The number of nitrogens with two attached hydrogens (primary N) is 1. The Bertz CT molecular complexity index is 631. The predicted octanol–water partition coefficient (Wildman–Crippen LogP) is 4.12. The van der Waals surface area contributed by atoms with Crippen molar-refractivity contribution < 1.29 is 4.74 Å². The van der Waals surface area contributed by atoms with Crippen LogP contribution in [-0.4, -0.2) is 11.6 Å². The van der Waals surface area contributed by atoms with E-state index in [2.05, 4.69) is 5.32 Å². The van der Waals surface area contributed by atoms with Crippen molar-refractivity contribution in [3.63, 3.8) is 0 Å². The third-order valence-electron chi connectivity index (χ3n) is 2.68. The van der Waals surface area contributed by atoms with Gasteiger partial charge in [0.05, 0.1) is 17.3 Å². The van der Waals surface area contributed by atoms with Crippen LogP contribution in [0.25, 0.3) is 0 Å². The van der Waals surface area contributed by atoms with E-state index < -0.39 is 0 Å². The van der Waals surface area contributed by atoms with Gasteiger partial charge in [-0.25, -0.2) is 0 Å². The van der Waals surface area contributed by atoms with Crippen molar-refractivity contribution in [2.75, 3.05) is 11.9 Å². The van der Waals surface area contributed by atoms with Gasteiger partial charge in [-0.15, -0.1) is 0 Å². The highest BCUT2D eigenvalue weighted by molar-refractivity contribution is 7.80. The Hall–Kier alpha value is -1.78. The van der Waals surface area contributed by atoms with Crippen molar-refractivity contribution in [3.8, 4) is 5.75 Å². The summed E-state index contributed by atoms with van der Waals surface area (Å²) in [4.78, 5) is 0.330. The molecule has 0 radical (unpaired) electrons. The second-order valence-electron chi connectivity index (χ2n) is 4.14. The molecule has 0 aliphatic carbocycles. The van der Waals surface area contributed by atoms with Crippen molar-refractivity contribution in [1.29, 1.82) is 0 Å². The zero-order valence-electron chi connectivity index (χ0n) is 11.0. The zero-order valence-corrected chi connectivity index (χ0v) is 12.6. The molecule has 0 amide bonds. The second-order valence-corrected chi connectivity index (χ2v) is 4.99. The first-order chi connectivity index (χ1) is 9.60. The van der Waals surface area contributed by atoms with E-state index >= 15 is 0 Å². The van der Waals surface area contributed by atoms with Gasteiger partial charge < -0.3 is 15.8 Å². The van der Waals surface area contributed by atoms with E-state index in [-0.39, 0.29) is 0 Å². The molecule has 0 saturated heterocycles. The Morgan fingerprint density at radius 2 is 2.10 bits per heavy atom. The summed E-state index contributed by atoms with van der Waals surface area (Å²) in [6, 6.07) is 13.1. The van der Waals surface area contributed by atoms with Gasteiger partial charge in [-0.2, -0.15) is 0 Å². The molecule has 3 N–H and O–H groups in total. The van der Waals surface area contributed by atoms with Gasteiger partial charge in [0, 0.05) is 17.3 Å². The molecule has 0 saturated carbocycles. The summed E-state index contributed by atoms with van der Waals surface area (Å²) in [7, 11) is 0. The van der Waals surface area contributed by atoms with Crippen molar-refractivity contribution >= 4 is 40.2 Å². The maximum atomic E-state index is 6.22. The van der Waals surface area contributed by atoms with Crippen LogP contribution in [0.5, 0.6) is 5.75 Å². The first kappa shape index (κ1) is 14.6. The highest BCUT2D eigenvalue weighted by Gasteiger charge is 2.05. The van der Waals surface area contributed by atoms with E-state index in [1.165, 1.54) is 0 Å². The fraction of sp³-hybridized carbons (Fsp3) is 0.133. The summed E-state index contributed by atoms with van der Waals surface area (Å²) < 4.78 is 5.46. The average molecular weight is 307 g/mol. The van der Waals surface area contributed by atoms with Crippen molar-refractivity contribution in [1.82, 2.24) is 0 Å². The minimum atomic E-state index is 0.330. The van der Waals surface area contributed by atoms with Crippen LogP contribution in [0.3, 0.4) is 0 Å². The van der Waals surface area contributed by atoms with Crippen LogP contribution in [0.4, 0.5) is 11.4 Å². The van der Waals surface area contributed by atoms with E-state index in [0.717, 1.165) is 22.7 Å². The van der Waals surface area contributed by atoms with Crippen molar-refractivity contribution in [3.05, 3.63) is 53.1 Å². The summed E-state index contributed by atoms with van der Waals surface area (Å²) in [6.07, 6.45) is 0. The van der Waals surface area contributed by atoms with Crippen molar-refractivity contribution in [2.45, 2.75) is 6.92 Å². The molecule has 0 aliphatic heterocycles. The number of thiocarbonyl (C=S) groups is 1. The first-order valence-electron chi connectivity index (χ1n) is 6.19. The Morgan fingerprint density at radius 3 is 2.75 bits per heavy atom. The van der Waals surface area contributed by atoms with Crippen LogP contribution in [-0.2, 0) is 0 Å². The SMILES string of the molecule is CCOc1cccc(Nc2ccc(C(N)=S)cc2Cl)c1. The molecule has 104 valence electrons. The molecule has 0 aromatic heterocycles. The van der Waals surface area contributed by atoms with Crippen LogP contribution < -0.4 is 15.8 Å². The molecule has 0 aliphatic rings. The molecule has 3 nitrogen and oxygen atoms in total. The molecule has 2 aromatic rings. The van der Waals surface area contributed by atoms with Crippen molar-refractivity contribution in [2.24, 2.45) is 5.73 Å². The molecular formula is C15H15ClN2OS. The summed E-state index contributed by atoms with van der Waals surface area (Å²) in [6.45, 7) is 2.58.